The number of nitrogens with zero attached hydrogens (tertiary/aromatic N) is 3. The van der Waals surface area contributed by atoms with Gasteiger partial charge in [-0.15, -0.1) is 18.2 Å². The van der Waals surface area contributed by atoms with E-state index in [0.717, 1.165) is 42.4 Å². The van der Waals surface area contributed by atoms with E-state index in [1.165, 1.54) is 12.1 Å². The first-order chi connectivity index (χ1) is 29.3. The third kappa shape index (κ3) is 10.1. The van der Waals surface area contributed by atoms with E-state index in [-0.39, 0.29) is 68.8 Å². The van der Waals surface area contributed by atoms with Gasteiger partial charge in [0.1, 0.15) is 36.5 Å². The van der Waals surface area contributed by atoms with E-state index in [9.17, 15) is 25.1 Å². The van der Waals surface area contributed by atoms with Crippen molar-refractivity contribution in [2.45, 2.75) is 82.6 Å². The average Bonchev–Trinajstić information content (AvgIpc) is 3.26. The molecule has 0 saturated heterocycles. The van der Waals surface area contributed by atoms with Crippen molar-refractivity contribution in [3.63, 3.8) is 0 Å². The highest BCUT2D eigenvalue weighted by Gasteiger charge is 2.65. The number of fused-ring (bicyclic) bond motifs is 2. The van der Waals surface area contributed by atoms with E-state index in [1.807, 2.05) is 49.4 Å². The zero-order valence-corrected chi connectivity index (χ0v) is 34.9. The Morgan fingerprint density at radius 2 is 1.82 bits per heavy atom. The third-order valence-electron chi connectivity index (χ3n) is 11.5. The summed E-state index contributed by atoms with van der Waals surface area (Å²) in [6, 6.07) is 20.6. The van der Waals surface area contributed by atoms with Gasteiger partial charge in [-0.05, 0) is 79.3 Å². The lowest BCUT2D eigenvalue weighted by atomic mass is 9.55. The Kier molecular flexibility index (Phi) is 16.0. The first-order valence-electron chi connectivity index (χ1n) is 20.9. The van der Waals surface area contributed by atoms with E-state index >= 15 is 0 Å². The summed E-state index contributed by atoms with van der Waals surface area (Å²) in [7, 11) is 0. The first-order valence-corrected chi connectivity index (χ1v) is 21.5. The Morgan fingerprint density at radius 1 is 1.05 bits per heavy atom. The maximum absolute atomic E-state index is 14.1. The number of benzene rings is 3. The summed E-state index contributed by atoms with van der Waals surface area (Å²) >= 11 is 6.02. The summed E-state index contributed by atoms with van der Waals surface area (Å²) in [4.78, 5) is 33.1. The van der Waals surface area contributed by atoms with E-state index in [0.29, 0.717) is 48.8 Å². The molecule has 3 aromatic rings. The topological polar surface area (TPSA) is 162 Å². The van der Waals surface area contributed by atoms with Gasteiger partial charge in [0, 0.05) is 43.7 Å². The number of hydrogen-bond donors (Lipinski definition) is 2. The molecule has 1 heterocycles. The van der Waals surface area contributed by atoms with Crippen LogP contribution in [0.25, 0.3) is 0 Å². The van der Waals surface area contributed by atoms with Crippen LogP contribution >= 0.6 is 11.6 Å². The number of nitro groups is 1. The number of aliphatic hydroxyl groups is 2. The monoisotopic (exact) mass is 845 g/mol. The fourth-order valence-corrected chi connectivity index (χ4v) is 9.17. The number of non-ortho nitro benzene ring substituents is 1. The minimum absolute atomic E-state index is 0.0144. The molecule has 2 N–H and O–H groups in total. The highest BCUT2D eigenvalue weighted by atomic mass is 35.5. The first kappa shape index (κ1) is 44.6. The molecule has 1 saturated carbocycles. The molecule has 1 aliphatic heterocycles. The van der Waals surface area contributed by atoms with Crippen LogP contribution in [0.3, 0.4) is 0 Å². The summed E-state index contributed by atoms with van der Waals surface area (Å²) in [6.07, 6.45) is 8.56. The Bertz CT molecular complexity index is 1980. The van der Waals surface area contributed by atoms with Crippen LogP contribution in [0.5, 0.6) is 17.2 Å². The normalized spacial score (nSPS) is 23.4. The lowest BCUT2D eigenvalue weighted by molar-refractivity contribution is -0.384. The van der Waals surface area contributed by atoms with E-state index < -0.39 is 28.8 Å². The number of unbranched alkanes of at least 4 members (excludes halogenated alkanes) is 2. The lowest BCUT2D eigenvalue weighted by Gasteiger charge is -2.59. The van der Waals surface area contributed by atoms with Crippen molar-refractivity contribution >= 4 is 29.1 Å². The smallest absolute Gasteiger partial charge is 0.410 e. The minimum Gasteiger partial charge on any atom is -0.459 e. The third-order valence-corrected chi connectivity index (χ3v) is 11.7. The summed E-state index contributed by atoms with van der Waals surface area (Å²) in [5.74, 6) is -0.841. The molecule has 3 aliphatic rings. The average molecular weight is 846 g/mol. The van der Waals surface area contributed by atoms with Gasteiger partial charge < -0.3 is 34.0 Å². The second kappa shape index (κ2) is 21.5. The van der Waals surface area contributed by atoms with Crippen LogP contribution in [0.1, 0.15) is 75.3 Å². The summed E-state index contributed by atoms with van der Waals surface area (Å²) in [5, 5.41) is 36.3. The van der Waals surface area contributed by atoms with Crippen molar-refractivity contribution in [1.29, 1.82) is 0 Å². The summed E-state index contributed by atoms with van der Waals surface area (Å²) in [6.45, 7) is 6.79. The van der Waals surface area contributed by atoms with Crippen molar-refractivity contribution < 1.29 is 43.7 Å². The number of allylic oxidation sites excluding steroid dienone is 1. The number of nitro benzene ring substituents is 1. The van der Waals surface area contributed by atoms with Crippen molar-refractivity contribution in [3.8, 4) is 17.2 Å². The van der Waals surface area contributed by atoms with Gasteiger partial charge in [0.25, 0.3) is 5.69 Å². The van der Waals surface area contributed by atoms with Gasteiger partial charge in [0.2, 0.25) is 5.79 Å². The van der Waals surface area contributed by atoms with Crippen LogP contribution in [-0.2, 0) is 20.9 Å². The predicted molar refractivity (Wildman–Crippen MR) is 228 cm³/mol. The van der Waals surface area contributed by atoms with Crippen LogP contribution in [-0.4, -0.2) is 82.5 Å². The Hall–Kier alpha value is -4.95. The van der Waals surface area contributed by atoms with Crippen molar-refractivity contribution in [3.05, 3.63) is 118 Å². The van der Waals surface area contributed by atoms with E-state index in [2.05, 4.69) is 12.7 Å². The van der Waals surface area contributed by atoms with Gasteiger partial charge in [0.15, 0.2) is 0 Å². The second-order valence-electron chi connectivity index (χ2n) is 15.4. The van der Waals surface area contributed by atoms with E-state index in [4.69, 9.17) is 40.5 Å². The zero-order chi connectivity index (χ0) is 42.5. The Balaban J connectivity index is 1.57. The molecule has 0 aromatic heterocycles. The van der Waals surface area contributed by atoms with Gasteiger partial charge in [-0.3, -0.25) is 15.0 Å². The number of hydrogen-bond acceptors (Lipinski definition) is 11. The minimum atomic E-state index is -1.46. The standard InChI is InChI=1S/C46H56ClN3O10/c1-3-22-49(45(53)56-26-21-47)42-30-40(48-58-31-32-13-6-5-7-14-32)38-27-33(15-8-10-23-51)37(18-9-11-24-52)43-39-29-36(59-35-17-12-16-34(28-35)50(54)55)19-20-41(39)60-46(42,44(38)43)57-25-4-2/h4-7,12-14,16-17,19-20,27-29,33,37,42-44,51-52H,2-3,8-11,15,18,21-26,30-31H2,1H3/t33-,37+,42-,43+,44+,46+/m0/s1. The van der Waals surface area contributed by atoms with Crippen LogP contribution in [0.4, 0.5) is 10.5 Å². The number of oxime groups is 1. The molecule has 3 aromatic carbocycles. The summed E-state index contributed by atoms with van der Waals surface area (Å²) in [5.41, 5.74) is 3.26. The van der Waals surface area contributed by atoms with Gasteiger partial charge in [-0.2, -0.15) is 0 Å². The van der Waals surface area contributed by atoms with Crippen molar-refractivity contribution in [1.82, 2.24) is 4.90 Å². The molecule has 14 heteroatoms. The number of alkyl halides is 1. The molecular weight excluding hydrogens is 790 g/mol. The lowest BCUT2D eigenvalue weighted by Crippen LogP contribution is -2.70. The molecule has 6 rings (SSSR count). The molecule has 0 spiro atoms. The van der Waals surface area contributed by atoms with Crippen LogP contribution < -0.4 is 9.47 Å². The molecule has 13 nitrogen and oxygen atoms in total. The molecule has 2 aliphatic carbocycles. The number of rotatable bonds is 22. The van der Waals surface area contributed by atoms with Gasteiger partial charge in [-0.25, -0.2) is 4.79 Å². The van der Waals surface area contributed by atoms with Gasteiger partial charge in [-0.1, -0.05) is 73.5 Å². The fourth-order valence-electron chi connectivity index (χ4n) is 9.09. The predicted octanol–water partition coefficient (Wildman–Crippen LogP) is 9.31. The van der Waals surface area contributed by atoms with Crippen LogP contribution in [0.2, 0.25) is 0 Å². The number of aliphatic hydroxyl groups excluding tert-OH is 2. The number of ether oxygens (including phenoxy) is 4. The van der Waals surface area contributed by atoms with E-state index in [1.54, 1.807) is 29.2 Å². The quantitative estimate of drug-likeness (QED) is 0.0328. The van der Waals surface area contributed by atoms with Crippen molar-refractivity contribution in [2.75, 3.05) is 38.9 Å². The maximum atomic E-state index is 14.1. The highest BCUT2D eigenvalue weighted by molar-refractivity contribution is 6.18. The maximum Gasteiger partial charge on any atom is 0.410 e. The molecule has 0 bridgehead atoms. The molecule has 6 atom stereocenters. The molecule has 0 unspecified atom stereocenters. The Labute approximate surface area is 356 Å². The van der Waals surface area contributed by atoms with Crippen LogP contribution in [0.15, 0.2) is 102 Å². The highest BCUT2D eigenvalue weighted by Crippen LogP contribution is 2.62. The molecule has 60 heavy (non-hydrogen) atoms. The zero-order valence-electron chi connectivity index (χ0n) is 34.2. The SMILES string of the molecule is C=CCO[C@@]12Oc3ccc(Oc4cccc([N+](=O)[O-])c4)cc3[C@H]3[C@H](CCCCO)[C@@H](CCCCO)C=C(C(=NOCc4ccccc4)C[C@@H]1N(CCC)C(=O)OCCCl)[C@H]32. The molecule has 1 amide bonds. The summed E-state index contributed by atoms with van der Waals surface area (Å²) < 4.78 is 26.3. The van der Waals surface area contributed by atoms with Crippen LogP contribution in [0, 0.1) is 27.9 Å². The number of carbonyl (C=O) groups is 1. The Morgan fingerprint density at radius 3 is 2.53 bits per heavy atom. The molecule has 1 fully saturated rings. The number of amides is 1. The molecule has 0 radical (unpaired) electrons. The second-order valence-corrected chi connectivity index (χ2v) is 15.8. The van der Waals surface area contributed by atoms with Gasteiger partial charge >= 0.3 is 6.09 Å². The fraction of sp³-hybridized carbons (Fsp3) is 0.478. The molecular formula is C46H56ClN3O10. The van der Waals surface area contributed by atoms with Gasteiger partial charge in [0.05, 0.1) is 35.1 Å². The number of halogens is 1. The van der Waals surface area contributed by atoms with Crippen molar-refractivity contribution in [2.24, 2.45) is 22.9 Å². The largest absolute Gasteiger partial charge is 0.459 e. The number of carbonyl (C=O) groups excluding carboxylic acids is 1. The molecule has 322 valence electrons.